The molecule has 3 aromatic rings. The van der Waals surface area contributed by atoms with E-state index in [0.29, 0.717) is 27.4 Å². The predicted octanol–water partition coefficient (Wildman–Crippen LogP) is 6.28. The second-order valence-electron chi connectivity index (χ2n) is 9.73. The van der Waals surface area contributed by atoms with Gasteiger partial charge in [-0.2, -0.15) is 13.2 Å². The molecule has 2 atom stereocenters. The fourth-order valence-corrected chi connectivity index (χ4v) is 5.88. The van der Waals surface area contributed by atoms with Gasteiger partial charge in [0.15, 0.2) is 0 Å². The van der Waals surface area contributed by atoms with E-state index in [9.17, 15) is 31.2 Å². The van der Waals surface area contributed by atoms with Crippen LogP contribution in [0.1, 0.15) is 44.7 Å². The highest BCUT2D eigenvalue weighted by Gasteiger charge is 2.36. The first kappa shape index (κ1) is 32.9. The van der Waals surface area contributed by atoms with E-state index in [4.69, 9.17) is 11.6 Å². The van der Waals surface area contributed by atoms with Crippen LogP contribution in [0.3, 0.4) is 0 Å². The molecule has 0 aromatic heterocycles. The third-order valence-electron chi connectivity index (χ3n) is 6.76. The lowest BCUT2D eigenvalue weighted by Crippen LogP contribution is -2.53. The lowest BCUT2D eigenvalue weighted by Gasteiger charge is -2.34. The Hall–Kier alpha value is -3.57. The molecule has 12 heteroatoms. The molecule has 0 fully saturated rings. The highest BCUT2D eigenvalue weighted by Crippen LogP contribution is 2.33. The van der Waals surface area contributed by atoms with Crippen molar-refractivity contribution in [3.8, 4) is 0 Å². The van der Waals surface area contributed by atoms with Crippen LogP contribution >= 0.6 is 11.6 Å². The molecule has 0 aliphatic rings. The molecule has 1 N–H and O–H groups in total. The van der Waals surface area contributed by atoms with E-state index >= 15 is 0 Å². The second-order valence-corrected chi connectivity index (χ2v) is 12.0. The molecular formula is C30H33ClF3N3O4S. The van der Waals surface area contributed by atoms with Crippen LogP contribution in [0, 0.1) is 0 Å². The summed E-state index contributed by atoms with van der Waals surface area (Å²) in [6.07, 6.45) is -3.92. The summed E-state index contributed by atoms with van der Waals surface area (Å²) < 4.78 is 69.0. The normalized spacial score (nSPS) is 13.2. The minimum absolute atomic E-state index is 0.132. The smallest absolute Gasteiger partial charge is 0.352 e. The molecule has 0 heterocycles. The van der Waals surface area contributed by atoms with E-state index in [1.165, 1.54) is 35.2 Å². The van der Waals surface area contributed by atoms with Gasteiger partial charge in [-0.05, 0) is 61.7 Å². The quantitative estimate of drug-likeness (QED) is 0.257. The van der Waals surface area contributed by atoms with Crippen LogP contribution in [-0.2, 0) is 32.3 Å². The van der Waals surface area contributed by atoms with E-state index in [0.717, 1.165) is 12.1 Å². The average molecular weight is 624 g/mol. The van der Waals surface area contributed by atoms with Crippen molar-refractivity contribution in [3.05, 3.63) is 95.0 Å². The average Bonchev–Trinajstić information content (AvgIpc) is 2.96. The van der Waals surface area contributed by atoms with Crippen molar-refractivity contribution in [2.45, 2.75) is 63.3 Å². The van der Waals surface area contributed by atoms with Gasteiger partial charge in [0, 0.05) is 17.6 Å². The Balaban J connectivity index is 2.12. The lowest BCUT2D eigenvalue weighted by atomic mass is 10.1. The molecule has 0 bridgehead atoms. The van der Waals surface area contributed by atoms with Crippen molar-refractivity contribution in [3.63, 3.8) is 0 Å². The third kappa shape index (κ3) is 8.04. The number of hydrogen-bond donors (Lipinski definition) is 1. The van der Waals surface area contributed by atoms with E-state index in [1.807, 2.05) is 13.8 Å². The molecule has 2 amide bonds. The number of carbonyl (C=O) groups excluding carboxylic acids is 2. The van der Waals surface area contributed by atoms with E-state index < -0.39 is 46.2 Å². The number of sulfonamides is 1. The lowest BCUT2D eigenvalue weighted by molar-refractivity contribution is -0.140. The van der Waals surface area contributed by atoms with E-state index in [2.05, 4.69) is 5.32 Å². The largest absolute Gasteiger partial charge is 0.416 e. The first-order valence-corrected chi connectivity index (χ1v) is 15.2. The summed E-state index contributed by atoms with van der Waals surface area (Å²) in [5.41, 5.74) is -0.913. The Labute approximate surface area is 249 Å². The molecule has 0 aliphatic heterocycles. The minimum Gasteiger partial charge on any atom is -0.352 e. The van der Waals surface area contributed by atoms with Crippen molar-refractivity contribution in [1.82, 2.24) is 10.2 Å². The van der Waals surface area contributed by atoms with Crippen molar-refractivity contribution in [2.75, 3.05) is 10.8 Å². The Morgan fingerprint density at radius 3 is 2.17 bits per heavy atom. The number of nitrogens with one attached hydrogen (secondary N) is 1. The van der Waals surface area contributed by atoms with Crippen molar-refractivity contribution in [2.24, 2.45) is 0 Å². The molecule has 7 nitrogen and oxygen atoms in total. The van der Waals surface area contributed by atoms with Crippen molar-refractivity contribution >= 4 is 39.1 Å². The number of benzene rings is 3. The number of rotatable bonds is 12. The highest BCUT2D eigenvalue weighted by atomic mass is 35.5. The van der Waals surface area contributed by atoms with Crippen molar-refractivity contribution < 1.29 is 31.2 Å². The topological polar surface area (TPSA) is 86.8 Å². The van der Waals surface area contributed by atoms with E-state index in [1.54, 1.807) is 37.3 Å². The summed E-state index contributed by atoms with van der Waals surface area (Å²) in [7, 11) is -4.51. The van der Waals surface area contributed by atoms with Crippen molar-refractivity contribution in [1.29, 1.82) is 0 Å². The molecule has 0 spiro atoms. The Kier molecular flexibility index (Phi) is 11.0. The molecule has 226 valence electrons. The summed E-state index contributed by atoms with van der Waals surface area (Å²) in [4.78, 5) is 28.3. The molecule has 0 saturated heterocycles. The Morgan fingerprint density at radius 2 is 1.57 bits per heavy atom. The van der Waals surface area contributed by atoms with Gasteiger partial charge in [0.2, 0.25) is 11.8 Å². The van der Waals surface area contributed by atoms with Crippen LogP contribution in [0.5, 0.6) is 0 Å². The number of alkyl halides is 3. The Bertz CT molecular complexity index is 1490. The molecule has 0 radical (unpaired) electrons. The molecular weight excluding hydrogens is 591 g/mol. The zero-order chi connectivity index (χ0) is 31.1. The second kappa shape index (κ2) is 14.1. The molecule has 0 aliphatic carbocycles. The van der Waals surface area contributed by atoms with Crippen LogP contribution in [0.4, 0.5) is 18.9 Å². The Morgan fingerprint density at radius 1 is 0.929 bits per heavy atom. The van der Waals surface area contributed by atoms with Gasteiger partial charge in [-0.3, -0.25) is 13.9 Å². The maximum absolute atomic E-state index is 14.0. The number of halogens is 4. The fraction of sp³-hybridized carbons (Fsp3) is 0.333. The number of nitrogens with zero attached hydrogens (tertiary/aromatic N) is 2. The summed E-state index contributed by atoms with van der Waals surface area (Å²) >= 11 is 6.37. The molecule has 3 aromatic carbocycles. The van der Waals surface area contributed by atoms with Gasteiger partial charge in [-0.15, -0.1) is 0 Å². The van der Waals surface area contributed by atoms with Gasteiger partial charge in [0.1, 0.15) is 12.6 Å². The predicted molar refractivity (Wildman–Crippen MR) is 156 cm³/mol. The van der Waals surface area contributed by atoms with Crippen LogP contribution in [0.25, 0.3) is 0 Å². The zero-order valence-corrected chi connectivity index (χ0v) is 25.0. The van der Waals surface area contributed by atoms with Gasteiger partial charge in [-0.25, -0.2) is 8.42 Å². The van der Waals surface area contributed by atoms with Gasteiger partial charge >= 0.3 is 6.18 Å². The van der Waals surface area contributed by atoms with Gasteiger partial charge in [0.25, 0.3) is 10.0 Å². The molecule has 0 saturated carbocycles. The van der Waals surface area contributed by atoms with Gasteiger partial charge in [0.05, 0.1) is 16.1 Å². The fourth-order valence-electron chi connectivity index (χ4n) is 4.26. The van der Waals surface area contributed by atoms with Crippen LogP contribution < -0.4 is 9.62 Å². The first-order chi connectivity index (χ1) is 19.8. The number of hydrogen-bond acceptors (Lipinski definition) is 4. The summed E-state index contributed by atoms with van der Waals surface area (Å²) in [5, 5.41) is 3.19. The van der Waals surface area contributed by atoms with Gasteiger partial charge in [-0.1, -0.05) is 67.9 Å². The summed E-state index contributed by atoms with van der Waals surface area (Å²) in [6, 6.07) is 16.4. The first-order valence-electron chi connectivity index (χ1n) is 13.4. The SMILES string of the molecule is CC[C@H](C(=O)N[C@@H](C)CC)N(Cc1ccccc1Cl)C(=O)CN(c1cccc(C(F)(F)F)c1)S(=O)(=O)c1ccccc1. The van der Waals surface area contributed by atoms with Crippen LogP contribution in [0.15, 0.2) is 83.8 Å². The highest BCUT2D eigenvalue weighted by molar-refractivity contribution is 7.92. The summed E-state index contributed by atoms with van der Waals surface area (Å²) in [5.74, 6) is -1.23. The monoisotopic (exact) mass is 623 g/mol. The maximum atomic E-state index is 14.0. The van der Waals surface area contributed by atoms with E-state index in [-0.39, 0.29) is 29.6 Å². The summed E-state index contributed by atoms with van der Waals surface area (Å²) in [6.45, 7) is 4.41. The molecule has 3 rings (SSSR count). The van der Waals surface area contributed by atoms with Gasteiger partial charge < -0.3 is 10.2 Å². The number of amides is 2. The number of anilines is 1. The molecule has 42 heavy (non-hydrogen) atoms. The zero-order valence-electron chi connectivity index (χ0n) is 23.4. The number of carbonyl (C=O) groups is 2. The maximum Gasteiger partial charge on any atom is 0.416 e. The van der Waals surface area contributed by atoms with Crippen LogP contribution in [0.2, 0.25) is 5.02 Å². The molecule has 0 unspecified atom stereocenters. The standard InChI is InChI=1S/C30H33ClF3N3O4S/c1-4-21(3)35-29(39)27(5-2)36(19-22-12-9-10-17-26(22)31)28(38)20-37(42(40,41)25-15-7-6-8-16-25)24-14-11-13-23(18-24)30(32,33)34/h6-18,21,27H,4-5,19-20H2,1-3H3,(H,35,39)/t21-,27+/m0/s1. The third-order valence-corrected chi connectivity index (χ3v) is 8.91. The minimum atomic E-state index is -4.75. The van der Waals surface area contributed by atoms with Crippen LogP contribution in [-0.4, -0.2) is 43.8 Å².